The van der Waals surface area contributed by atoms with Crippen LogP contribution < -0.4 is 0 Å². The smallest absolute Gasteiger partial charge is 0.338 e. The topological polar surface area (TPSA) is 55.8 Å². The summed E-state index contributed by atoms with van der Waals surface area (Å²) in [6.07, 6.45) is 3.03. The number of ether oxygens (including phenoxy) is 2. The van der Waals surface area contributed by atoms with Crippen molar-refractivity contribution >= 4 is 11.9 Å². The molecule has 2 unspecified atom stereocenters. The van der Waals surface area contributed by atoms with E-state index < -0.39 is 12.0 Å². The van der Waals surface area contributed by atoms with Gasteiger partial charge in [-0.05, 0) is 38.4 Å². The quantitative estimate of drug-likeness (QED) is 0.794. The van der Waals surface area contributed by atoms with Gasteiger partial charge in [0.1, 0.15) is 12.0 Å². The molecule has 5 nitrogen and oxygen atoms in total. The van der Waals surface area contributed by atoms with Crippen LogP contribution in [0.4, 0.5) is 0 Å². The van der Waals surface area contributed by atoms with Crippen molar-refractivity contribution in [2.45, 2.75) is 50.3 Å². The molecule has 24 heavy (non-hydrogen) atoms. The van der Waals surface area contributed by atoms with Gasteiger partial charge in [-0.15, -0.1) is 0 Å². The number of nitrogens with zero attached hydrogens (tertiary/aromatic N) is 1. The zero-order valence-corrected chi connectivity index (χ0v) is 14.5. The first-order chi connectivity index (χ1) is 11.5. The Morgan fingerprint density at radius 3 is 2.62 bits per heavy atom. The first-order valence-electron chi connectivity index (χ1n) is 8.60. The lowest BCUT2D eigenvalue weighted by atomic mass is 9.74. The minimum atomic E-state index is -0.441. The third-order valence-corrected chi connectivity index (χ3v) is 5.95. The van der Waals surface area contributed by atoms with Gasteiger partial charge in [-0.3, -0.25) is 9.69 Å². The van der Waals surface area contributed by atoms with Gasteiger partial charge in [0, 0.05) is 18.0 Å². The van der Waals surface area contributed by atoms with E-state index in [2.05, 4.69) is 18.9 Å². The van der Waals surface area contributed by atoms with Crippen LogP contribution in [0.5, 0.6) is 0 Å². The van der Waals surface area contributed by atoms with Gasteiger partial charge in [-0.1, -0.05) is 25.1 Å². The maximum absolute atomic E-state index is 12.6. The number of carbonyl (C=O) groups excluding carboxylic acids is 2. The van der Waals surface area contributed by atoms with E-state index in [1.807, 2.05) is 6.07 Å². The molecule has 2 aliphatic heterocycles. The Morgan fingerprint density at radius 1 is 1.29 bits per heavy atom. The summed E-state index contributed by atoms with van der Waals surface area (Å²) in [5.41, 5.74) is 0.232. The Labute approximate surface area is 142 Å². The highest BCUT2D eigenvalue weighted by Gasteiger charge is 2.59. The van der Waals surface area contributed by atoms with Crippen molar-refractivity contribution in [3.8, 4) is 0 Å². The minimum absolute atomic E-state index is 0.280. The van der Waals surface area contributed by atoms with E-state index >= 15 is 0 Å². The van der Waals surface area contributed by atoms with Gasteiger partial charge in [0.15, 0.2) is 0 Å². The van der Waals surface area contributed by atoms with E-state index in [0.717, 1.165) is 19.3 Å². The number of hydrogen-bond acceptors (Lipinski definition) is 5. The molecule has 2 saturated heterocycles. The summed E-state index contributed by atoms with van der Waals surface area (Å²) in [7, 11) is 3.48. The van der Waals surface area contributed by atoms with Crippen LogP contribution in [0.25, 0.3) is 0 Å². The van der Waals surface area contributed by atoms with Crippen molar-refractivity contribution in [3.05, 3.63) is 35.9 Å². The number of piperidine rings is 1. The van der Waals surface area contributed by atoms with E-state index in [0.29, 0.717) is 18.0 Å². The van der Waals surface area contributed by atoms with E-state index in [-0.39, 0.29) is 17.5 Å². The molecule has 0 aliphatic carbocycles. The second kappa shape index (κ2) is 6.55. The number of esters is 2. The fourth-order valence-corrected chi connectivity index (χ4v) is 4.59. The van der Waals surface area contributed by atoms with Crippen LogP contribution in [0.2, 0.25) is 0 Å². The molecule has 2 fully saturated rings. The van der Waals surface area contributed by atoms with Crippen molar-refractivity contribution < 1.29 is 19.1 Å². The predicted molar refractivity (Wildman–Crippen MR) is 89.6 cm³/mol. The molecule has 0 N–H and O–H groups in total. The molecule has 3 rings (SSSR count). The third kappa shape index (κ3) is 2.61. The Bertz CT molecular complexity index is 617. The van der Waals surface area contributed by atoms with Crippen molar-refractivity contribution in [1.29, 1.82) is 0 Å². The molecule has 2 heterocycles. The van der Waals surface area contributed by atoms with Crippen molar-refractivity contribution in [2.75, 3.05) is 14.2 Å². The molecule has 2 aliphatic rings. The van der Waals surface area contributed by atoms with Crippen LogP contribution in [-0.4, -0.2) is 48.7 Å². The fraction of sp³-hybridized carbons (Fsp3) is 0.579. The van der Waals surface area contributed by atoms with E-state index in [1.54, 1.807) is 24.3 Å². The molecular weight excluding hydrogens is 306 g/mol. The highest BCUT2D eigenvalue weighted by Crippen LogP contribution is 2.49. The highest BCUT2D eigenvalue weighted by molar-refractivity contribution is 5.89. The van der Waals surface area contributed by atoms with Crippen LogP contribution in [0.15, 0.2) is 30.3 Å². The summed E-state index contributed by atoms with van der Waals surface area (Å²) in [4.78, 5) is 27.3. The molecule has 0 aromatic heterocycles. The third-order valence-electron chi connectivity index (χ3n) is 5.95. The summed E-state index contributed by atoms with van der Waals surface area (Å²) < 4.78 is 10.9. The first-order valence-corrected chi connectivity index (χ1v) is 8.60. The summed E-state index contributed by atoms with van der Waals surface area (Å²) in [5, 5.41) is 0. The number of rotatable bonds is 4. The van der Waals surface area contributed by atoms with Crippen molar-refractivity contribution in [2.24, 2.45) is 5.92 Å². The lowest BCUT2D eigenvalue weighted by molar-refractivity contribution is -0.163. The lowest BCUT2D eigenvalue weighted by Crippen LogP contribution is -2.61. The second-order valence-corrected chi connectivity index (χ2v) is 6.81. The molecule has 130 valence electrons. The first kappa shape index (κ1) is 17.0. The Hall–Kier alpha value is -1.88. The van der Waals surface area contributed by atoms with Crippen LogP contribution in [0.3, 0.4) is 0 Å². The van der Waals surface area contributed by atoms with Gasteiger partial charge in [-0.2, -0.15) is 0 Å². The maximum atomic E-state index is 12.6. The van der Waals surface area contributed by atoms with Crippen molar-refractivity contribution in [1.82, 2.24) is 4.90 Å². The maximum Gasteiger partial charge on any atom is 0.338 e. The fourth-order valence-electron chi connectivity index (χ4n) is 4.59. The van der Waals surface area contributed by atoms with E-state index in [9.17, 15) is 9.59 Å². The van der Waals surface area contributed by atoms with Crippen LogP contribution in [0.1, 0.15) is 43.0 Å². The number of methoxy groups -OCH3 is 1. The molecule has 2 bridgehead atoms. The molecule has 1 aromatic carbocycles. The molecule has 0 radical (unpaired) electrons. The Morgan fingerprint density at radius 2 is 2.00 bits per heavy atom. The van der Waals surface area contributed by atoms with Crippen LogP contribution in [0, 0.1) is 5.92 Å². The lowest BCUT2D eigenvalue weighted by Gasteiger charge is -2.49. The zero-order valence-electron chi connectivity index (χ0n) is 14.5. The van der Waals surface area contributed by atoms with Gasteiger partial charge in [0.2, 0.25) is 0 Å². The summed E-state index contributed by atoms with van der Waals surface area (Å²) in [6, 6.07) is 9.28. The van der Waals surface area contributed by atoms with Gasteiger partial charge in [-0.25, -0.2) is 4.79 Å². The number of benzene rings is 1. The monoisotopic (exact) mass is 331 g/mol. The minimum Gasteiger partial charge on any atom is -0.469 e. The second-order valence-electron chi connectivity index (χ2n) is 6.81. The standard InChI is InChI=1S/C19H25NO4/c1-4-19-11-10-14(20(19)2)12-15(16(19)18(22)23-3)24-17(21)13-8-6-5-7-9-13/h5-9,14-16H,4,10-12H2,1-3H3/t14-,15+,16?,19?/m1/s1. The summed E-state index contributed by atoms with van der Waals surface area (Å²) >= 11 is 0. The van der Waals surface area contributed by atoms with Gasteiger partial charge < -0.3 is 9.47 Å². The van der Waals surface area contributed by atoms with Crippen molar-refractivity contribution in [3.63, 3.8) is 0 Å². The molecule has 4 atom stereocenters. The van der Waals surface area contributed by atoms with Gasteiger partial charge in [0.05, 0.1) is 12.7 Å². The SMILES string of the molecule is CCC12CC[C@H](C[C@H](OC(=O)c3ccccc3)C1C(=O)OC)N2C. The van der Waals surface area contributed by atoms with Gasteiger partial charge in [0.25, 0.3) is 0 Å². The molecule has 1 aromatic rings. The zero-order chi connectivity index (χ0) is 17.3. The molecule has 0 spiro atoms. The number of carbonyl (C=O) groups is 2. The average molecular weight is 331 g/mol. The predicted octanol–water partition coefficient (Wildman–Crippen LogP) is 2.65. The molecular formula is C19H25NO4. The summed E-state index contributed by atoms with van der Waals surface area (Å²) in [6.45, 7) is 2.09. The van der Waals surface area contributed by atoms with Crippen LogP contribution in [-0.2, 0) is 14.3 Å². The largest absolute Gasteiger partial charge is 0.469 e. The normalized spacial score (nSPS) is 32.4. The number of hydrogen-bond donors (Lipinski definition) is 0. The van der Waals surface area contributed by atoms with Crippen LogP contribution >= 0.6 is 0 Å². The number of fused-ring (bicyclic) bond motifs is 2. The van der Waals surface area contributed by atoms with Gasteiger partial charge >= 0.3 is 11.9 Å². The Balaban J connectivity index is 1.89. The van der Waals surface area contributed by atoms with E-state index in [4.69, 9.17) is 9.47 Å². The Kier molecular flexibility index (Phi) is 4.63. The molecule has 0 amide bonds. The molecule has 0 saturated carbocycles. The van der Waals surface area contributed by atoms with E-state index in [1.165, 1.54) is 7.11 Å². The average Bonchev–Trinajstić information content (AvgIpc) is 2.82. The summed E-state index contributed by atoms with van der Waals surface area (Å²) in [5.74, 6) is -1.09. The molecule has 5 heteroatoms. The highest BCUT2D eigenvalue weighted by atomic mass is 16.6.